The number of rotatable bonds is 4. The number of nitrogens with one attached hydrogen (secondary N) is 1. The quantitative estimate of drug-likeness (QED) is 0.724. The minimum atomic E-state index is -0.415. The second-order valence-electron chi connectivity index (χ2n) is 2.85. The van der Waals surface area contributed by atoms with Gasteiger partial charge < -0.3 is 15.8 Å². The summed E-state index contributed by atoms with van der Waals surface area (Å²) in [6.45, 7) is 1.94. The van der Waals surface area contributed by atoms with E-state index in [2.05, 4.69) is 10.3 Å². The monoisotopic (exact) mass is 195 g/mol. The van der Waals surface area contributed by atoms with Gasteiger partial charge in [0.1, 0.15) is 0 Å². The predicted octanol–water partition coefficient (Wildman–Crippen LogP) is 0.296. The van der Waals surface area contributed by atoms with Gasteiger partial charge in [-0.15, -0.1) is 0 Å². The molecule has 5 heteroatoms. The van der Waals surface area contributed by atoms with E-state index < -0.39 is 5.91 Å². The van der Waals surface area contributed by atoms with E-state index in [0.29, 0.717) is 5.75 Å². The molecule has 0 aromatic carbocycles. The Morgan fingerprint density at radius 3 is 3.00 bits per heavy atom. The molecule has 5 nitrogen and oxygen atoms in total. The van der Waals surface area contributed by atoms with E-state index in [1.165, 1.54) is 0 Å². The number of carbonyl (C=O) groups excluding carboxylic acids is 1. The first kappa shape index (κ1) is 10.3. The summed E-state index contributed by atoms with van der Waals surface area (Å²) < 4.78 is 5.06. The normalized spacial score (nSPS) is 9.57. The van der Waals surface area contributed by atoms with Crippen LogP contribution >= 0.6 is 0 Å². The Morgan fingerprint density at radius 1 is 1.71 bits per heavy atom. The zero-order chi connectivity index (χ0) is 10.6. The van der Waals surface area contributed by atoms with Crippen molar-refractivity contribution in [3.63, 3.8) is 0 Å². The smallest absolute Gasteiger partial charge is 0.236 e. The summed E-state index contributed by atoms with van der Waals surface area (Å²) >= 11 is 0. The molecule has 0 aliphatic rings. The molecule has 0 spiro atoms. The van der Waals surface area contributed by atoms with Crippen LogP contribution in [0.1, 0.15) is 5.69 Å². The lowest BCUT2D eigenvalue weighted by Crippen LogP contribution is -2.22. The number of amides is 1. The molecule has 76 valence electrons. The van der Waals surface area contributed by atoms with Crippen LogP contribution in [0, 0.1) is 6.92 Å². The second kappa shape index (κ2) is 4.45. The molecule has 1 rings (SSSR count). The highest BCUT2D eigenvalue weighted by molar-refractivity contribution is 5.79. The van der Waals surface area contributed by atoms with Gasteiger partial charge in [0, 0.05) is 5.69 Å². The maximum Gasteiger partial charge on any atom is 0.236 e. The highest BCUT2D eigenvalue weighted by Crippen LogP contribution is 2.22. The lowest BCUT2D eigenvalue weighted by Gasteiger charge is -2.09. The Hall–Kier alpha value is -1.78. The van der Waals surface area contributed by atoms with Crippen molar-refractivity contribution in [2.75, 3.05) is 19.0 Å². The zero-order valence-electron chi connectivity index (χ0n) is 8.20. The molecule has 0 aliphatic heterocycles. The Kier molecular flexibility index (Phi) is 3.28. The molecule has 1 aromatic heterocycles. The molecule has 0 saturated heterocycles. The van der Waals surface area contributed by atoms with E-state index in [0.717, 1.165) is 11.4 Å². The molecule has 0 atom stereocenters. The number of pyridine rings is 1. The molecule has 0 fully saturated rings. The molecular formula is C9H13N3O2. The van der Waals surface area contributed by atoms with Crippen LogP contribution in [0.3, 0.4) is 0 Å². The number of nitrogens with two attached hydrogens (primary N) is 1. The third-order valence-corrected chi connectivity index (χ3v) is 1.68. The van der Waals surface area contributed by atoms with Crippen LogP contribution in [0.4, 0.5) is 5.69 Å². The summed E-state index contributed by atoms with van der Waals surface area (Å²) in [7, 11) is 1.54. The van der Waals surface area contributed by atoms with Crippen molar-refractivity contribution in [2.24, 2.45) is 5.73 Å². The van der Waals surface area contributed by atoms with Gasteiger partial charge in [-0.05, 0) is 13.0 Å². The van der Waals surface area contributed by atoms with Gasteiger partial charge in [-0.2, -0.15) is 0 Å². The first-order valence-electron chi connectivity index (χ1n) is 4.16. The van der Waals surface area contributed by atoms with Crippen LogP contribution in [-0.4, -0.2) is 24.5 Å². The molecule has 0 aliphatic carbocycles. The average molecular weight is 195 g/mol. The highest BCUT2D eigenvalue weighted by atomic mass is 16.5. The van der Waals surface area contributed by atoms with Gasteiger partial charge in [0.2, 0.25) is 5.91 Å². The Labute approximate surface area is 82.3 Å². The second-order valence-corrected chi connectivity index (χ2v) is 2.85. The zero-order valence-corrected chi connectivity index (χ0v) is 8.20. The SMILES string of the molecule is COc1cnc(C)cc1NCC(N)=O. The first-order chi connectivity index (χ1) is 6.63. The maximum absolute atomic E-state index is 10.6. The average Bonchev–Trinajstić information content (AvgIpc) is 2.15. The van der Waals surface area contributed by atoms with Gasteiger partial charge in [0.25, 0.3) is 0 Å². The van der Waals surface area contributed by atoms with Gasteiger partial charge >= 0.3 is 0 Å². The van der Waals surface area contributed by atoms with Crippen molar-refractivity contribution < 1.29 is 9.53 Å². The molecule has 14 heavy (non-hydrogen) atoms. The Bertz CT molecular complexity index is 339. The number of ether oxygens (including phenoxy) is 1. The lowest BCUT2D eigenvalue weighted by atomic mass is 10.3. The van der Waals surface area contributed by atoms with E-state index in [4.69, 9.17) is 10.5 Å². The fourth-order valence-electron chi connectivity index (χ4n) is 1.03. The highest BCUT2D eigenvalue weighted by Gasteiger charge is 2.04. The first-order valence-corrected chi connectivity index (χ1v) is 4.16. The van der Waals surface area contributed by atoms with E-state index in [1.54, 1.807) is 19.4 Å². The molecular weight excluding hydrogens is 182 g/mol. The summed E-state index contributed by atoms with van der Waals surface area (Å²) in [6.07, 6.45) is 1.60. The molecule has 0 unspecified atom stereocenters. The summed E-state index contributed by atoms with van der Waals surface area (Å²) in [5, 5.41) is 2.86. The minimum absolute atomic E-state index is 0.0831. The number of nitrogens with zero attached hydrogens (tertiary/aromatic N) is 1. The van der Waals surface area contributed by atoms with E-state index in [-0.39, 0.29) is 6.54 Å². The molecule has 0 radical (unpaired) electrons. The molecule has 1 amide bonds. The number of carbonyl (C=O) groups is 1. The van der Waals surface area contributed by atoms with Gasteiger partial charge in [-0.25, -0.2) is 0 Å². The number of hydrogen-bond donors (Lipinski definition) is 2. The van der Waals surface area contributed by atoms with Gasteiger partial charge in [-0.3, -0.25) is 9.78 Å². The van der Waals surface area contributed by atoms with Crippen molar-refractivity contribution in [1.82, 2.24) is 4.98 Å². The van der Waals surface area contributed by atoms with Crippen molar-refractivity contribution in [2.45, 2.75) is 6.92 Å². The minimum Gasteiger partial charge on any atom is -0.493 e. The van der Waals surface area contributed by atoms with Crippen LogP contribution in [-0.2, 0) is 4.79 Å². The number of anilines is 1. The van der Waals surface area contributed by atoms with E-state index in [9.17, 15) is 4.79 Å². The molecule has 1 aromatic rings. The standard InChI is InChI=1S/C9H13N3O2/c1-6-3-7(12-5-9(10)13)8(14-2)4-11-6/h3-4H,5H2,1-2H3,(H2,10,13)(H,11,12). The molecule has 0 saturated carbocycles. The summed E-state index contributed by atoms with van der Waals surface area (Å²) in [5.41, 5.74) is 6.58. The third kappa shape index (κ3) is 2.62. The topological polar surface area (TPSA) is 77.2 Å². The van der Waals surface area contributed by atoms with Gasteiger partial charge in [-0.1, -0.05) is 0 Å². The number of aromatic nitrogens is 1. The van der Waals surface area contributed by atoms with Crippen LogP contribution in [0.25, 0.3) is 0 Å². The van der Waals surface area contributed by atoms with Crippen LogP contribution in [0.15, 0.2) is 12.3 Å². The molecule has 1 heterocycles. The number of primary amides is 1. The number of methoxy groups -OCH3 is 1. The maximum atomic E-state index is 10.6. The third-order valence-electron chi connectivity index (χ3n) is 1.68. The molecule has 3 N–H and O–H groups in total. The number of aryl methyl sites for hydroxylation is 1. The fourth-order valence-corrected chi connectivity index (χ4v) is 1.03. The Balaban J connectivity index is 2.82. The predicted molar refractivity (Wildman–Crippen MR) is 53.2 cm³/mol. The van der Waals surface area contributed by atoms with E-state index >= 15 is 0 Å². The van der Waals surface area contributed by atoms with Gasteiger partial charge in [0.05, 0.1) is 25.5 Å². The van der Waals surface area contributed by atoms with Crippen molar-refractivity contribution in [3.05, 3.63) is 18.0 Å². The van der Waals surface area contributed by atoms with Gasteiger partial charge in [0.15, 0.2) is 5.75 Å². The number of hydrogen-bond acceptors (Lipinski definition) is 4. The van der Waals surface area contributed by atoms with Crippen LogP contribution in [0.5, 0.6) is 5.75 Å². The summed E-state index contributed by atoms with van der Waals surface area (Å²) in [4.78, 5) is 14.6. The fraction of sp³-hybridized carbons (Fsp3) is 0.333. The Morgan fingerprint density at radius 2 is 2.43 bits per heavy atom. The summed E-state index contributed by atoms with van der Waals surface area (Å²) in [6, 6.07) is 1.79. The van der Waals surface area contributed by atoms with E-state index in [1.807, 2.05) is 6.92 Å². The lowest BCUT2D eigenvalue weighted by molar-refractivity contribution is -0.116. The van der Waals surface area contributed by atoms with Crippen molar-refractivity contribution >= 4 is 11.6 Å². The molecule has 0 bridgehead atoms. The van der Waals surface area contributed by atoms with Crippen molar-refractivity contribution in [1.29, 1.82) is 0 Å². The largest absolute Gasteiger partial charge is 0.493 e. The van der Waals surface area contributed by atoms with Crippen LogP contribution < -0.4 is 15.8 Å². The summed E-state index contributed by atoms with van der Waals surface area (Å²) in [5.74, 6) is 0.179. The van der Waals surface area contributed by atoms with Crippen LogP contribution in [0.2, 0.25) is 0 Å². The van der Waals surface area contributed by atoms with Crippen molar-refractivity contribution in [3.8, 4) is 5.75 Å².